The molecular weight excluding hydrogens is 278 g/mol. The number of nitrogens with one attached hydrogen (secondary N) is 1. The number of phenolic OH excluding ortho intramolecular Hbond substituents is 1. The molecular formula is C14H17NO6. The molecule has 0 aromatic heterocycles. The number of carboxylic acid groups (broad SMARTS) is 1. The van der Waals surface area contributed by atoms with E-state index in [-0.39, 0.29) is 24.2 Å². The molecule has 1 amide bonds. The van der Waals surface area contributed by atoms with Crippen LogP contribution in [0.5, 0.6) is 5.75 Å². The predicted octanol–water partition coefficient (Wildman–Crippen LogP) is 0.837. The van der Waals surface area contributed by atoms with E-state index in [4.69, 9.17) is 5.11 Å². The first kappa shape index (κ1) is 16.5. The van der Waals surface area contributed by atoms with E-state index in [2.05, 4.69) is 10.1 Å². The molecule has 0 spiro atoms. The second kappa shape index (κ2) is 7.28. The normalized spacial score (nSPS) is 11.5. The number of phenols is 1. The summed E-state index contributed by atoms with van der Waals surface area (Å²) in [6.45, 7) is 1.62. The Balaban J connectivity index is 2.74. The number of carbonyl (C=O) groups is 3. The fourth-order valence-corrected chi connectivity index (χ4v) is 1.66. The van der Waals surface area contributed by atoms with E-state index in [0.717, 1.165) is 0 Å². The van der Waals surface area contributed by atoms with Crippen LogP contribution >= 0.6 is 0 Å². The average Bonchev–Trinajstić information content (AvgIpc) is 2.45. The predicted molar refractivity (Wildman–Crippen MR) is 73.0 cm³/mol. The number of aromatic hydroxyl groups is 1. The molecule has 3 N–H and O–H groups in total. The van der Waals surface area contributed by atoms with Crippen molar-refractivity contribution in [2.75, 3.05) is 7.11 Å². The summed E-state index contributed by atoms with van der Waals surface area (Å²) in [4.78, 5) is 34.1. The zero-order valence-electron chi connectivity index (χ0n) is 11.8. The van der Waals surface area contributed by atoms with Crippen molar-refractivity contribution in [3.05, 3.63) is 29.3 Å². The Morgan fingerprint density at radius 2 is 2.00 bits per heavy atom. The highest BCUT2D eigenvalue weighted by Gasteiger charge is 2.22. The molecule has 1 unspecified atom stereocenters. The maximum Gasteiger partial charge on any atom is 0.326 e. The van der Waals surface area contributed by atoms with E-state index in [1.54, 1.807) is 6.92 Å². The first-order chi connectivity index (χ1) is 9.85. The second-order valence-electron chi connectivity index (χ2n) is 4.48. The van der Waals surface area contributed by atoms with Crippen molar-refractivity contribution >= 4 is 17.8 Å². The van der Waals surface area contributed by atoms with Crippen molar-refractivity contribution in [2.45, 2.75) is 25.8 Å². The highest BCUT2D eigenvalue weighted by Crippen LogP contribution is 2.17. The quantitative estimate of drug-likeness (QED) is 0.670. The van der Waals surface area contributed by atoms with Gasteiger partial charge >= 0.3 is 11.9 Å². The molecule has 1 aromatic carbocycles. The average molecular weight is 295 g/mol. The van der Waals surface area contributed by atoms with Crippen LogP contribution in [0, 0.1) is 6.92 Å². The van der Waals surface area contributed by atoms with E-state index >= 15 is 0 Å². The van der Waals surface area contributed by atoms with Gasteiger partial charge < -0.3 is 20.3 Å². The molecule has 0 bridgehead atoms. The lowest BCUT2D eigenvalue weighted by molar-refractivity contribution is -0.142. The minimum atomic E-state index is -1.23. The van der Waals surface area contributed by atoms with Crippen LogP contribution in [0.15, 0.2) is 18.2 Å². The maximum atomic E-state index is 12.0. The molecule has 21 heavy (non-hydrogen) atoms. The molecule has 7 nitrogen and oxygen atoms in total. The summed E-state index contributed by atoms with van der Waals surface area (Å²) in [6, 6.07) is 3.00. The minimum absolute atomic E-state index is 0.0482. The Morgan fingerprint density at radius 1 is 1.33 bits per heavy atom. The molecule has 0 heterocycles. The van der Waals surface area contributed by atoms with Gasteiger partial charge in [-0.1, -0.05) is 0 Å². The summed E-state index contributed by atoms with van der Waals surface area (Å²) in [5, 5.41) is 20.8. The Morgan fingerprint density at radius 3 is 2.52 bits per heavy atom. The Hall–Kier alpha value is -2.57. The van der Waals surface area contributed by atoms with Crippen molar-refractivity contribution in [1.29, 1.82) is 0 Å². The number of ether oxygens (including phenoxy) is 1. The van der Waals surface area contributed by atoms with Gasteiger partial charge in [0.2, 0.25) is 0 Å². The van der Waals surface area contributed by atoms with Crippen LogP contribution in [0.3, 0.4) is 0 Å². The minimum Gasteiger partial charge on any atom is -0.508 e. The van der Waals surface area contributed by atoms with E-state index in [9.17, 15) is 19.5 Å². The number of aryl methyl sites for hydroxylation is 1. The Kier molecular flexibility index (Phi) is 5.71. The number of carbonyl (C=O) groups excluding carboxylic acids is 2. The van der Waals surface area contributed by atoms with Gasteiger partial charge in [0.05, 0.1) is 7.11 Å². The van der Waals surface area contributed by atoms with E-state index in [0.29, 0.717) is 5.56 Å². The van der Waals surface area contributed by atoms with Gasteiger partial charge in [0.15, 0.2) is 0 Å². The number of rotatable bonds is 6. The molecule has 0 fully saturated rings. The monoisotopic (exact) mass is 295 g/mol. The van der Waals surface area contributed by atoms with Crippen LogP contribution in [0.4, 0.5) is 0 Å². The maximum absolute atomic E-state index is 12.0. The van der Waals surface area contributed by atoms with Crippen molar-refractivity contribution in [3.63, 3.8) is 0 Å². The van der Waals surface area contributed by atoms with Gasteiger partial charge in [0, 0.05) is 12.0 Å². The zero-order chi connectivity index (χ0) is 16.0. The number of aliphatic carboxylic acids is 1. The summed E-state index contributed by atoms with van der Waals surface area (Å²) in [7, 11) is 1.20. The topological polar surface area (TPSA) is 113 Å². The molecule has 1 aromatic rings. The molecule has 0 aliphatic rings. The zero-order valence-corrected chi connectivity index (χ0v) is 11.8. The highest BCUT2D eigenvalue weighted by molar-refractivity contribution is 5.97. The molecule has 1 atom stereocenters. The van der Waals surface area contributed by atoms with Gasteiger partial charge in [-0.15, -0.1) is 0 Å². The van der Waals surface area contributed by atoms with E-state index < -0.39 is 23.9 Å². The first-order valence-corrected chi connectivity index (χ1v) is 6.25. The van der Waals surface area contributed by atoms with Crippen LogP contribution in [0.1, 0.15) is 28.8 Å². The molecule has 7 heteroatoms. The molecule has 0 aliphatic carbocycles. The van der Waals surface area contributed by atoms with E-state index in [1.807, 2.05) is 0 Å². The lowest BCUT2D eigenvalue weighted by Crippen LogP contribution is -2.41. The highest BCUT2D eigenvalue weighted by atomic mass is 16.5. The molecule has 0 aliphatic heterocycles. The van der Waals surface area contributed by atoms with Crippen molar-refractivity contribution < 1.29 is 29.3 Å². The lowest BCUT2D eigenvalue weighted by atomic mass is 10.1. The van der Waals surface area contributed by atoms with Crippen LogP contribution < -0.4 is 5.32 Å². The first-order valence-electron chi connectivity index (χ1n) is 6.25. The van der Waals surface area contributed by atoms with Gasteiger partial charge in [0.25, 0.3) is 5.91 Å². The molecule has 0 saturated carbocycles. The number of methoxy groups -OCH3 is 1. The van der Waals surface area contributed by atoms with Crippen molar-refractivity contribution in [1.82, 2.24) is 5.32 Å². The van der Waals surface area contributed by atoms with Gasteiger partial charge in [-0.3, -0.25) is 9.59 Å². The third-order valence-electron chi connectivity index (χ3n) is 2.93. The van der Waals surface area contributed by atoms with Crippen LogP contribution in [0.25, 0.3) is 0 Å². The Labute approximate surface area is 121 Å². The third kappa shape index (κ3) is 4.79. The largest absolute Gasteiger partial charge is 0.508 e. The summed E-state index contributed by atoms with van der Waals surface area (Å²) in [5.41, 5.74) is 0.735. The van der Waals surface area contributed by atoms with Crippen molar-refractivity contribution in [2.24, 2.45) is 0 Å². The SMILES string of the molecule is COC(=O)CCC(NC(=O)c1ccc(O)c(C)c1)C(=O)O. The number of hydrogen-bond donors (Lipinski definition) is 3. The number of esters is 1. The summed E-state index contributed by atoms with van der Waals surface area (Å²) < 4.78 is 4.43. The fourth-order valence-electron chi connectivity index (χ4n) is 1.66. The van der Waals surface area contributed by atoms with Gasteiger partial charge in [0.1, 0.15) is 11.8 Å². The summed E-state index contributed by atoms with van der Waals surface area (Å²) in [6.07, 6.45) is -0.173. The van der Waals surface area contributed by atoms with Crippen LogP contribution in [0.2, 0.25) is 0 Å². The summed E-state index contributed by atoms with van der Waals surface area (Å²) >= 11 is 0. The van der Waals surface area contributed by atoms with Gasteiger partial charge in [-0.25, -0.2) is 4.79 Å². The third-order valence-corrected chi connectivity index (χ3v) is 2.93. The fraction of sp³-hybridized carbons (Fsp3) is 0.357. The van der Waals surface area contributed by atoms with Gasteiger partial charge in [-0.05, 0) is 37.1 Å². The lowest BCUT2D eigenvalue weighted by Gasteiger charge is -2.14. The number of benzene rings is 1. The molecule has 114 valence electrons. The van der Waals surface area contributed by atoms with Crippen molar-refractivity contribution in [3.8, 4) is 5.75 Å². The molecule has 1 rings (SSSR count). The molecule has 0 radical (unpaired) electrons. The smallest absolute Gasteiger partial charge is 0.326 e. The summed E-state index contributed by atoms with van der Waals surface area (Å²) in [5.74, 6) is -2.32. The van der Waals surface area contributed by atoms with Crippen LogP contribution in [-0.4, -0.2) is 41.2 Å². The van der Waals surface area contributed by atoms with Gasteiger partial charge in [-0.2, -0.15) is 0 Å². The molecule has 0 saturated heterocycles. The van der Waals surface area contributed by atoms with Crippen LogP contribution in [-0.2, 0) is 14.3 Å². The number of amides is 1. The van der Waals surface area contributed by atoms with E-state index in [1.165, 1.54) is 25.3 Å². The number of hydrogen-bond acceptors (Lipinski definition) is 5. The standard InChI is InChI=1S/C14H17NO6/c1-8-7-9(3-5-11(8)16)13(18)15-10(14(19)20)4-6-12(17)21-2/h3,5,7,10,16H,4,6H2,1-2H3,(H,15,18)(H,19,20). The second-order valence-corrected chi connectivity index (χ2v) is 4.48. The Bertz CT molecular complexity index is 554. The number of carboxylic acids is 1.